The van der Waals surface area contributed by atoms with Gasteiger partial charge in [-0.2, -0.15) is 0 Å². The molecular formula is C12H24N4. The number of hydrogen-bond acceptors (Lipinski definition) is 3. The molecule has 0 fully saturated rings. The smallest absolute Gasteiger partial charge is 0.0827 e. The third kappa shape index (κ3) is 4.31. The highest BCUT2D eigenvalue weighted by molar-refractivity contribution is 4.93. The molecule has 1 unspecified atom stereocenters. The maximum atomic E-state index is 4.11. The van der Waals surface area contributed by atoms with Gasteiger partial charge >= 0.3 is 0 Å². The van der Waals surface area contributed by atoms with Gasteiger partial charge in [-0.1, -0.05) is 26.0 Å². The Labute approximate surface area is 98.4 Å². The zero-order valence-corrected chi connectivity index (χ0v) is 10.9. The molecule has 1 heterocycles. The topological polar surface area (TPSA) is 42.7 Å². The van der Waals surface area contributed by atoms with Crippen LogP contribution in [0.2, 0.25) is 0 Å². The van der Waals surface area contributed by atoms with Gasteiger partial charge in [-0.3, -0.25) is 4.68 Å². The number of hydrogen-bond donors (Lipinski definition) is 1. The van der Waals surface area contributed by atoms with Gasteiger partial charge in [0.05, 0.1) is 5.69 Å². The monoisotopic (exact) mass is 224 g/mol. The number of nitrogens with zero attached hydrogens (tertiary/aromatic N) is 3. The summed E-state index contributed by atoms with van der Waals surface area (Å²) in [7, 11) is 1.91. The van der Waals surface area contributed by atoms with Crippen LogP contribution < -0.4 is 5.32 Å². The van der Waals surface area contributed by atoms with Crippen molar-refractivity contribution in [2.45, 2.75) is 46.1 Å². The lowest BCUT2D eigenvalue weighted by Crippen LogP contribution is -2.34. The number of aromatic nitrogens is 3. The van der Waals surface area contributed by atoms with Crippen LogP contribution in [0.5, 0.6) is 0 Å². The molecule has 0 aliphatic rings. The van der Waals surface area contributed by atoms with E-state index >= 15 is 0 Å². The van der Waals surface area contributed by atoms with Gasteiger partial charge in [0.15, 0.2) is 0 Å². The Balaban J connectivity index is 2.37. The standard InChI is InChI=1S/C12H24N4/c1-5-8-13-12(10(2)3)7-6-11-9-16(4)15-14-11/h9-10,12-13H,5-8H2,1-4H3. The molecule has 0 amide bonds. The molecule has 1 N–H and O–H groups in total. The van der Waals surface area contributed by atoms with E-state index in [-0.39, 0.29) is 0 Å². The van der Waals surface area contributed by atoms with Gasteiger partial charge in [0, 0.05) is 19.3 Å². The van der Waals surface area contributed by atoms with Gasteiger partial charge in [-0.25, -0.2) is 0 Å². The van der Waals surface area contributed by atoms with E-state index in [1.165, 1.54) is 6.42 Å². The van der Waals surface area contributed by atoms with Crippen LogP contribution in [0.1, 0.15) is 39.3 Å². The van der Waals surface area contributed by atoms with Crippen LogP contribution in [0, 0.1) is 5.92 Å². The van der Waals surface area contributed by atoms with Crippen molar-refractivity contribution in [3.05, 3.63) is 11.9 Å². The van der Waals surface area contributed by atoms with E-state index in [1.54, 1.807) is 4.68 Å². The third-order valence-electron chi connectivity index (χ3n) is 2.82. The zero-order chi connectivity index (χ0) is 12.0. The summed E-state index contributed by atoms with van der Waals surface area (Å²) in [4.78, 5) is 0. The Morgan fingerprint density at radius 1 is 1.44 bits per heavy atom. The third-order valence-corrected chi connectivity index (χ3v) is 2.82. The van der Waals surface area contributed by atoms with Crippen molar-refractivity contribution < 1.29 is 0 Å². The van der Waals surface area contributed by atoms with Crippen LogP contribution in [0.4, 0.5) is 0 Å². The average molecular weight is 224 g/mol. The number of aryl methyl sites for hydroxylation is 2. The lowest BCUT2D eigenvalue weighted by Gasteiger charge is -2.21. The molecule has 1 rings (SSSR count). The SMILES string of the molecule is CCCNC(CCc1cn(C)nn1)C(C)C. The first-order chi connectivity index (χ1) is 7.63. The predicted octanol–water partition coefficient (Wildman–Crippen LogP) is 1.77. The highest BCUT2D eigenvalue weighted by Crippen LogP contribution is 2.09. The average Bonchev–Trinajstić information content (AvgIpc) is 2.64. The van der Waals surface area contributed by atoms with Crippen molar-refractivity contribution in [2.24, 2.45) is 13.0 Å². The lowest BCUT2D eigenvalue weighted by molar-refractivity contribution is 0.377. The summed E-state index contributed by atoms with van der Waals surface area (Å²) >= 11 is 0. The Bertz CT molecular complexity index is 293. The van der Waals surface area contributed by atoms with Crippen LogP contribution in [-0.2, 0) is 13.5 Å². The maximum Gasteiger partial charge on any atom is 0.0827 e. The summed E-state index contributed by atoms with van der Waals surface area (Å²) in [5.41, 5.74) is 1.09. The fourth-order valence-corrected chi connectivity index (χ4v) is 1.81. The normalized spacial score (nSPS) is 13.3. The van der Waals surface area contributed by atoms with Crippen molar-refractivity contribution in [1.29, 1.82) is 0 Å². The molecule has 92 valence electrons. The highest BCUT2D eigenvalue weighted by atomic mass is 15.4. The molecule has 4 nitrogen and oxygen atoms in total. The van der Waals surface area contributed by atoms with Gasteiger partial charge in [-0.05, 0) is 31.7 Å². The van der Waals surface area contributed by atoms with Crippen molar-refractivity contribution >= 4 is 0 Å². The van der Waals surface area contributed by atoms with E-state index in [0.717, 1.165) is 25.1 Å². The van der Waals surface area contributed by atoms with E-state index in [0.29, 0.717) is 12.0 Å². The minimum absolute atomic E-state index is 0.585. The molecule has 0 bridgehead atoms. The molecule has 1 aromatic heterocycles. The largest absolute Gasteiger partial charge is 0.314 e. The summed E-state index contributed by atoms with van der Waals surface area (Å²) in [6.45, 7) is 7.84. The van der Waals surface area contributed by atoms with Crippen LogP contribution in [-0.4, -0.2) is 27.6 Å². The van der Waals surface area contributed by atoms with Gasteiger partial charge in [0.25, 0.3) is 0 Å². The second kappa shape index (κ2) is 6.63. The molecule has 1 atom stereocenters. The van der Waals surface area contributed by atoms with Crippen molar-refractivity contribution in [2.75, 3.05) is 6.54 Å². The molecule has 0 aromatic carbocycles. The Hall–Kier alpha value is -0.900. The van der Waals surface area contributed by atoms with E-state index in [4.69, 9.17) is 0 Å². The predicted molar refractivity (Wildman–Crippen MR) is 66.2 cm³/mol. The Morgan fingerprint density at radius 2 is 2.19 bits per heavy atom. The van der Waals surface area contributed by atoms with Gasteiger partial charge in [-0.15, -0.1) is 5.10 Å². The van der Waals surface area contributed by atoms with E-state index in [9.17, 15) is 0 Å². The van der Waals surface area contributed by atoms with Gasteiger partial charge in [0.1, 0.15) is 0 Å². The van der Waals surface area contributed by atoms with Gasteiger partial charge < -0.3 is 5.32 Å². The van der Waals surface area contributed by atoms with Crippen LogP contribution in [0.3, 0.4) is 0 Å². The fourth-order valence-electron chi connectivity index (χ4n) is 1.81. The second-order valence-electron chi connectivity index (χ2n) is 4.73. The summed E-state index contributed by atoms with van der Waals surface area (Å²) in [5.74, 6) is 0.670. The quantitative estimate of drug-likeness (QED) is 0.767. The molecule has 0 spiro atoms. The summed E-state index contributed by atoms with van der Waals surface area (Å²) in [6, 6.07) is 0.585. The Kier molecular flexibility index (Phi) is 5.46. The van der Waals surface area contributed by atoms with Crippen LogP contribution in [0.15, 0.2) is 6.20 Å². The summed E-state index contributed by atoms with van der Waals surface area (Å²) in [5, 5.41) is 11.7. The van der Waals surface area contributed by atoms with Crippen molar-refractivity contribution in [1.82, 2.24) is 20.3 Å². The van der Waals surface area contributed by atoms with Crippen molar-refractivity contribution in [3.63, 3.8) is 0 Å². The summed E-state index contributed by atoms with van der Waals surface area (Å²) < 4.78 is 1.76. The molecule has 1 aromatic rings. The minimum atomic E-state index is 0.585. The lowest BCUT2D eigenvalue weighted by atomic mass is 9.98. The molecule has 16 heavy (non-hydrogen) atoms. The molecule has 0 saturated heterocycles. The van der Waals surface area contributed by atoms with Crippen LogP contribution in [0.25, 0.3) is 0 Å². The Morgan fingerprint density at radius 3 is 2.69 bits per heavy atom. The van der Waals surface area contributed by atoms with Crippen LogP contribution >= 0.6 is 0 Å². The molecule has 0 saturated carbocycles. The molecule has 0 aliphatic carbocycles. The number of nitrogens with one attached hydrogen (secondary N) is 1. The molecule has 4 heteroatoms. The zero-order valence-electron chi connectivity index (χ0n) is 10.9. The maximum absolute atomic E-state index is 4.11. The van der Waals surface area contributed by atoms with E-state index in [1.807, 2.05) is 13.2 Å². The molecular weight excluding hydrogens is 200 g/mol. The first-order valence-electron chi connectivity index (χ1n) is 6.22. The number of rotatable bonds is 7. The summed E-state index contributed by atoms with van der Waals surface area (Å²) in [6.07, 6.45) is 5.33. The van der Waals surface area contributed by atoms with E-state index < -0.39 is 0 Å². The second-order valence-corrected chi connectivity index (χ2v) is 4.73. The first kappa shape index (κ1) is 13.2. The van der Waals surface area contributed by atoms with E-state index in [2.05, 4.69) is 36.4 Å². The van der Waals surface area contributed by atoms with Crippen molar-refractivity contribution in [3.8, 4) is 0 Å². The van der Waals surface area contributed by atoms with Gasteiger partial charge in [0.2, 0.25) is 0 Å². The first-order valence-corrected chi connectivity index (χ1v) is 6.22. The molecule has 0 radical (unpaired) electrons. The fraction of sp³-hybridized carbons (Fsp3) is 0.833. The highest BCUT2D eigenvalue weighted by Gasteiger charge is 2.12. The molecule has 0 aliphatic heterocycles. The minimum Gasteiger partial charge on any atom is -0.314 e.